The first-order chi connectivity index (χ1) is 22.4. The van der Waals surface area contributed by atoms with Crippen molar-refractivity contribution in [1.29, 1.82) is 0 Å². The van der Waals surface area contributed by atoms with Crippen LogP contribution in [0.2, 0.25) is 0 Å². The van der Waals surface area contributed by atoms with Crippen molar-refractivity contribution in [2.24, 2.45) is 0 Å². The smallest absolute Gasteiger partial charge is 0.0959 e. The van der Waals surface area contributed by atoms with Crippen LogP contribution in [0.4, 0.5) is 0 Å². The predicted molar refractivity (Wildman–Crippen MR) is 217 cm³/mol. The van der Waals surface area contributed by atoms with Crippen LogP contribution in [-0.4, -0.2) is 21.7 Å². The summed E-state index contributed by atoms with van der Waals surface area (Å²) < 4.78 is 1.24. The zero-order valence-electron chi connectivity index (χ0n) is 30.1. The molecular weight excluding hydrogens is 645 g/mol. The molecule has 0 bridgehead atoms. The molecule has 45 heavy (non-hydrogen) atoms. The van der Waals surface area contributed by atoms with Gasteiger partial charge in [-0.2, -0.15) is 0 Å². The molecule has 1 atom stereocenters. The summed E-state index contributed by atoms with van der Waals surface area (Å²) in [4.78, 5) is 0. The number of aromatic nitrogens is 2. The van der Waals surface area contributed by atoms with Gasteiger partial charge in [0.2, 0.25) is 0 Å². The normalized spacial score (nSPS) is 12.0. The molecular formula is C38H75N2S5+. The highest BCUT2D eigenvalue weighted by Crippen LogP contribution is 2.49. The fourth-order valence-corrected chi connectivity index (χ4v) is 15.1. The van der Waals surface area contributed by atoms with Gasteiger partial charge < -0.3 is 0 Å². The first-order valence-electron chi connectivity index (χ1n) is 19.8. The molecule has 0 N–H and O–H groups in total. The molecule has 0 aliphatic carbocycles. The number of hydrogen-bond donors (Lipinski definition) is 0. The van der Waals surface area contributed by atoms with Crippen molar-refractivity contribution in [3.05, 3.63) is 5.51 Å². The van der Waals surface area contributed by atoms with E-state index in [4.69, 9.17) is 0 Å². The fourth-order valence-electron chi connectivity index (χ4n) is 5.89. The average molecular weight is 720 g/mol. The van der Waals surface area contributed by atoms with Gasteiger partial charge in [0.1, 0.15) is 9.50 Å². The lowest BCUT2D eigenvalue weighted by Crippen LogP contribution is -1.84. The van der Waals surface area contributed by atoms with Crippen molar-refractivity contribution in [2.45, 2.75) is 224 Å². The van der Waals surface area contributed by atoms with Crippen molar-refractivity contribution in [2.75, 3.05) is 11.5 Å². The van der Waals surface area contributed by atoms with Crippen LogP contribution in [0.1, 0.15) is 219 Å². The molecule has 0 fully saturated rings. The second kappa shape index (κ2) is 37.8. The van der Waals surface area contributed by atoms with Crippen LogP contribution in [0.3, 0.4) is 0 Å². The molecule has 1 heterocycles. The van der Waals surface area contributed by atoms with Gasteiger partial charge >= 0.3 is 4.34 Å². The standard InChI is InChI=1S/C38H75N2S5/c1-3-5-7-9-11-13-15-17-19-21-23-25-27-29-31-33-35-41-43-38-40-39-37-45(38)44-42-36-34-32-30-28-26-24-22-20-18-16-14-12-10-8-6-4-2/h37H,3-36H2,1-2H3/q+1. The summed E-state index contributed by atoms with van der Waals surface area (Å²) in [6.45, 7) is 4.61. The van der Waals surface area contributed by atoms with Crippen LogP contribution in [0, 0.1) is 0 Å². The van der Waals surface area contributed by atoms with Gasteiger partial charge in [0, 0.05) is 22.3 Å². The third-order valence-corrected chi connectivity index (χ3v) is 18.0. The third-order valence-electron chi connectivity index (χ3n) is 8.87. The Kier molecular flexibility index (Phi) is 36.9. The molecule has 1 aromatic heterocycles. The first-order valence-corrected chi connectivity index (χ1v) is 26.3. The highest BCUT2D eigenvalue weighted by Gasteiger charge is 2.20. The van der Waals surface area contributed by atoms with E-state index in [1.165, 1.54) is 221 Å². The molecule has 0 aliphatic heterocycles. The van der Waals surface area contributed by atoms with E-state index in [0.29, 0.717) is 0 Å². The lowest BCUT2D eigenvalue weighted by Gasteiger charge is -2.03. The van der Waals surface area contributed by atoms with Crippen LogP contribution in [-0.2, 0) is 0 Å². The predicted octanol–water partition coefficient (Wildman–Crippen LogP) is 16.6. The van der Waals surface area contributed by atoms with Crippen LogP contribution < -0.4 is 0 Å². The van der Waals surface area contributed by atoms with E-state index in [1.807, 2.05) is 42.2 Å². The minimum absolute atomic E-state index is 0.0776. The Morgan fingerprint density at radius 1 is 0.422 bits per heavy atom. The summed E-state index contributed by atoms with van der Waals surface area (Å²) in [6.07, 6.45) is 46.1. The summed E-state index contributed by atoms with van der Waals surface area (Å²) in [6, 6.07) is 0. The Morgan fingerprint density at radius 2 is 0.733 bits per heavy atom. The van der Waals surface area contributed by atoms with E-state index >= 15 is 0 Å². The van der Waals surface area contributed by atoms with Crippen molar-refractivity contribution < 1.29 is 0 Å². The summed E-state index contributed by atoms with van der Waals surface area (Å²) in [5.41, 5.74) is 2.07. The maximum atomic E-state index is 4.44. The molecule has 0 spiro atoms. The first kappa shape index (κ1) is 44.0. The molecule has 7 heteroatoms. The summed E-state index contributed by atoms with van der Waals surface area (Å²) in [7, 11) is 8.00. The average Bonchev–Trinajstić information content (AvgIpc) is 3.50. The zero-order valence-corrected chi connectivity index (χ0v) is 34.1. The molecule has 0 aromatic carbocycles. The van der Waals surface area contributed by atoms with Crippen molar-refractivity contribution in [3.8, 4) is 0 Å². The van der Waals surface area contributed by atoms with Gasteiger partial charge in [0.25, 0.3) is 5.51 Å². The van der Waals surface area contributed by atoms with Crippen molar-refractivity contribution in [3.63, 3.8) is 0 Å². The molecule has 0 aliphatic rings. The Morgan fingerprint density at radius 3 is 1.09 bits per heavy atom. The van der Waals surface area contributed by atoms with E-state index < -0.39 is 0 Å². The van der Waals surface area contributed by atoms with Crippen LogP contribution in [0.15, 0.2) is 9.85 Å². The maximum Gasteiger partial charge on any atom is 0.346 e. The third kappa shape index (κ3) is 32.0. The number of unbranched alkanes of at least 4 members (excludes halogenated alkanes) is 30. The van der Waals surface area contributed by atoms with Crippen LogP contribution >= 0.6 is 51.7 Å². The Balaban J connectivity index is 1.80. The van der Waals surface area contributed by atoms with E-state index in [9.17, 15) is 0 Å². The second-order valence-corrected chi connectivity index (χ2v) is 21.3. The molecule has 1 aromatic rings. The van der Waals surface area contributed by atoms with Crippen molar-refractivity contribution >= 4 is 51.7 Å². The highest BCUT2D eigenvalue weighted by atomic mass is 33.5. The quantitative estimate of drug-likeness (QED) is 0.0383. The van der Waals surface area contributed by atoms with Gasteiger partial charge in [-0.1, -0.05) is 227 Å². The lowest BCUT2D eigenvalue weighted by atomic mass is 10.0. The van der Waals surface area contributed by atoms with Gasteiger partial charge in [-0.05, 0) is 23.6 Å². The van der Waals surface area contributed by atoms with Crippen LogP contribution in [0.5, 0.6) is 0 Å². The lowest BCUT2D eigenvalue weighted by molar-refractivity contribution is 0.532. The topological polar surface area (TPSA) is 25.8 Å². The van der Waals surface area contributed by atoms with E-state index in [-0.39, 0.29) is 9.50 Å². The van der Waals surface area contributed by atoms with Crippen LogP contribution in [0.25, 0.3) is 0 Å². The van der Waals surface area contributed by atoms with Gasteiger partial charge in [-0.3, -0.25) is 0 Å². The Labute approximate surface area is 300 Å². The highest BCUT2D eigenvalue weighted by molar-refractivity contribution is 8.94. The molecule has 1 unspecified atom stereocenters. The molecule has 1 rings (SSSR count). The zero-order chi connectivity index (χ0) is 32.1. The minimum atomic E-state index is 0.0776. The molecule has 0 amide bonds. The van der Waals surface area contributed by atoms with E-state index in [1.54, 1.807) is 0 Å². The van der Waals surface area contributed by atoms with Gasteiger partial charge in [-0.25, -0.2) is 0 Å². The Hall–Kier alpha value is 0.960. The number of rotatable bonds is 38. The molecule has 266 valence electrons. The summed E-state index contributed by atoms with van der Waals surface area (Å²) in [5, 5.41) is 8.68. The van der Waals surface area contributed by atoms with Gasteiger partial charge in [0.05, 0.1) is 0 Å². The van der Waals surface area contributed by atoms with E-state index in [0.717, 1.165) is 0 Å². The maximum absolute atomic E-state index is 4.44. The van der Waals surface area contributed by atoms with E-state index in [2.05, 4.69) is 29.6 Å². The largest absolute Gasteiger partial charge is 0.346 e. The second-order valence-electron chi connectivity index (χ2n) is 13.3. The molecule has 0 saturated heterocycles. The number of nitrogens with zero attached hydrogens (tertiary/aromatic N) is 2. The van der Waals surface area contributed by atoms with Gasteiger partial charge in [-0.15, -0.1) is 0 Å². The Bertz CT molecular complexity index is 632. The van der Waals surface area contributed by atoms with Crippen molar-refractivity contribution in [1.82, 2.24) is 10.2 Å². The monoisotopic (exact) mass is 719 g/mol. The fraction of sp³-hybridized carbons (Fsp3) is 0.947. The minimum Gasteiger partial charge on any atom is -0.0959 e. The molecule has 0 saturated carbocycles. The molecule has 2 nitrogen and oxygen atoms in total. The summed E-state index contributed by atoms with van der Waals surface area (Å²) in [5.74, 6) is 2.51. The van der Waals surface area contributed by atoms with Gasteiger partial charge in [0.15, 0.2) is 9.83 Å². The molecule has 0 radical (unpaired) electrons. The summed E-state index contributed by atoms with van der Waals surface area (Å²) >= 11 is 0. The SMILES string of the molecule is CCCCCCCCCCCCCCCCCCSSc1nnc[s+]1SSCCCCCCCCCCCCCCCCCC. The number of hydrogen-bond acceptors (Lipinski definition) is 6.